The number of carbonyl (C=O) groups excluding carboxylic acids is 2. The lowest BCUT2D eigenvalue weighted by atomic mass is 10.1. The van der Waals surface area contributed by atoms with Crippen LogP contribution in [-0.2, 0) is 24.2 Å². The normalized spacial score (nSPS) is 23.4. The number of carbonyl (C=O) groups is 2. The van der Waals surface area contributed by atoms with Crippen LogP contribution in [-0.4, -0.2) is 72.1 Å². The van der Waals surface area contributed by atoms with Crippen molar-refractivity contribution >= 4 is 27.6 Å². The van der Waals surface area contributed by atoms with Gasteiger partial charge >= 0.3 is 6.09 Å². The van der Waals surface area contributed by atoms with Gasteiger partial charge in [0.05, 0.1) is 33.5 Å². The van der Waals surface area contributed by atoms with Gasteiger partial charge in [0.2, 0.25) is 10.0 Å². The van der Waals surface area contributed by atoms with Crippen molar-refractivity contribution in [3.8, 4) is 11.5 Å². The van der Waals surface area contributed by atoms with Crippen LogP contribution in [0.2, 0.25) is 0 Å². The fourth-order valence-electron chi connectivity index (χ4n) is 4.00. The number of methoxy groups -OCH3 is 2. The Hall–Kier alpha value is -3.19. The Kier molecular flexibility index (Phi) is 7.26. The van der Waals surface area contributed by atoms with Crippen molar-refractivity contribution in [3.05, 3.63) is 48.0 Å². The van der Waals surface area contributed by atoms with Gasteiger partial charge in [-0.2, -0.15) is 0 Å². The van der Waals surface area contributed by atoms with Gasteiger partial charge in [-0.1, -0.05) is 0 Å². The molecule has 2 fully saturated rings. The predicted octanol–water partition coefficient (Wildman–Crippen LogP) is 1.97. The molecule has 0 saturated carbocycles. The van der Waals surface area contributed by atoms with E-state index < -0.39 is 40.5 Å². The van der Waals surface area contributed by atoms with E-state index in [0.29, 0.717) is 17.0 Å². The lowest BCUT2D eigenvalue weighted by Gasteiger charge is -2.19. The molecule has 2 aromatic rings. The molecule has 0 bridgehead atoms. The average Bonchev–Trinajstić information content (AvgIpc) is 3.42. The van der Waals surface area contributed by atoms with Crippen molar-refractivity contribution in [2.24, 2.45) is 0 Å². The van der Waals surface area contributed by atoms with Gasteiger partial charge in [-0.25, -0.2) is 17.9 Å². The van der Waals surface area contributed by atoms with E-state index in [1.54, 1.807) is 30.3 Å². The van der Waals surface area contributed by atoms with E-state index in [4.69, 9.17) is 23.7 Å². The Labute approximate surface area is 202 Å². The Morgan fingerprint density at radius 3 is 2.34 bits per heavy atom. The average molecular weight is 507 g/mol. The largest absolute Gasteiger partial charge is 0.497 e. The van der Waals surface area contributed by atoms with Gasteiger partial charge in [0.15, 0.2) is 11.9 Å². The summed E-state index contributed by atoms with van der Waals surface area (Å²) >= 11 is 0. The topological polar surface area (TPSA) is 138 Å². The number of benzene rings is 2. The molecular formula is C23H26N2O9S. The maximum Gasteiger partial charge on any atom is 0.412 e. The first-order valence-electron chi connectivity index (χ1n) is 10.8. The molecule has 2 aliphatic rings. The highest BCUT2D eigenvalue weighted by Gasteiger charge is 2.50. The number of anilines is 1. The number of nitrogens with one attached hydrogen (secondary N) is 2. The van der Waals surface area contributed by atoms with Gasteiger partial charge in [-0.05, 0) is 43.3 Å². The molecule has 2 heterocycles. The van der Waals surface area contributed by atoms with E-state index in [2.05, 4.69) is 10.0 Å². The lowest BCUT2D eigenvalue weighted by Crippen LogP contribution is -2.44. The smallest absolute Gasteiger partial charge is 0.412 e. The van der Waals surface area contributed by atoms with Crippen molar-refractivity contribution in [2.45, 2.75) is 36.2 Å². The van der Waals surface area contributed by atoms with Crippen molar-refractivity contribution < 1.29 is 41.7 Å². The Morgan fingerprint density at radius 1 is 0.971 bits per heavy atom. The summed E-state index contributed by atoms with van der Waals surface area (Å²) in [5.41, 5.74) is 0.982. The summed E-state index contributed by atoms with van der Waals surface area (Å²) in [5, 5.41) is 2.59. The summed E-state index contributed by atoms with van der Waals surface area (Å²) in [5.74, 6) is 0.441. The third kappa shape index (κ3) is 5.40. The van der Waals surface area contributed by atoms with E-state index in [0.717, 1.165) is 0 Å². The second-order valence-corrected chi connectivity index (χ2v) is 9.73. The fourth-order valence-corrected chi connectivity index (χ4v) is 5.41. The first-order chi connectivity index (χ1) is 16.7. The highest BCUT2D eigenvalue weighted by molar-refractivity contribution is 7.89. The molecule has 2 aromatic carbocycles. The number of ketones is 1. The second kappa shape index (κ2) is 10.2. The molecule has 188 valence electrons. The molecule has 2 aliphatic heterocycles. The van der Waals surface area contributed by atoms with E-state index in [9.17, 15) is 18.0 Å². The summed E-state index contributed by atoms with van der Waals surface area (Å²) in [6.07, 6.45) is -2.73. The third-order valence-electron chi connectivity index (χ3n) is 5.77. The van der Waals surface area contributed by atoms with Gasteiger partial charge in [0.1, 0.15) is 28.6 Å². The highest BCUT2D eigenvalue weighted by Crippen LogP contribution is 2.32. The van der Waals surface area contributed by atoms with E-state index in [-0.39, 0.29) is 29.6 Å². The molecule has 11 nitrogen and oxygen atoms in total. The SMILES string of the molecule is COc1ccc(OC)c(S(=O)(=O)NC2COC3C(OC(=O)Nc4ccc(C(C)=O)cc4)COC23)c1. The first-order valence-corrected chi connectivity index (χ1v) is 12.3. The monoisotopic (exact) mass is 506 g/mol. The van der Waals surface area contributed by atoms with Crippen LogP contribution in [0.3, 0.4) is 0 Å². The van der Waals surface area contributed by atoms with Gasteiger partial charge in [-0.3, -0.25) is 10.1 Å². The number of Topliss-reactive ketones (excluding diaryl/α,β-unsaturated/α-hetero) is 1. The Morgan fingerprint density at radius 2 is 1.69 bits per heavy atom. The van der Waals surface area contributed by atoms with Crippen LogP contribution in [0.15, 0.2) is 47.4 Å². The van der Waals surface area contributed by atoms with Crippen molar-refractivity contribution in [1.29, 1.82) is 0 Å². The summed E-state index contributed by atoms with van der Waals surface area (Å²) in [6.45, 7) is 1.54. The Balaban J connectivity index is 1.38. The molecule has 4 unspecified atom stereocenters. The zero-order chi connectivity index (χ0) is 25.2. The lowest BCUT2D eigenvalue weighted by molar-refractivity contribution is 0.00883. The van der Waals surface area contributed by atoms with Gasteiger partial charge < -0.3 is 23.7 Å². The number of sulfonamides is 1. The summed E-state index contributed by atoms with van der Waals surface area (Å²) in [6, 6.07) is 10.1. The number of amides is 1. The second-order valence-electron chi connectivity index (χ2n) is 8.04. The summed E-state index contributed by atoms with van der Waals surface area (Å²) in [4.78, 5) is 23.6. The number of ether oxygens (including phenoxy) is 5. The van der Waals surface area contributed by atoms with Crippen molar-refractivity contribution in [2.75, 3.05) is 32.8 Å². The molecule has 0 spiro atoms. The number of hydrogen-bond donors (Lipinski definition) is 2. The molecule has 12 heteroatoms. The molecule has 2 saturated heterocycles. The molecule has 1 amide bonds. The van der Waals surface area contributed by atoms with Crippen LogP contribution in [0, 0.1) is 0 Å². The van der Waals surface area contributed by atoms with E-state index >= 15 is 0 Å². The molecule has 35 heavy (non-hydrogen) atoms. The number of fused-ring (bicyclic) bond motifs is 1. The molecule has 4 atom stereocenters. The minimum atomic E-state index is -4.01. The highest BCUT2D eigenvalue weighted by atomic mass is 32.2. The van der Waals surface area contributed by atoms with Crippen LogP contribution in [0.25, 0.3) is 0 Å². The summed E-state index contributed by atoms with van der Waals surface area (Å²) in [7, 11) is -1.20. The minimum Gasteiger partial charge on any atom is -0.497 e. The summed E-state index contributed by atoms with van der Waals surface area (Å²) < 4.78 is 56.0. The molecule has 0 aromatic heterocycles. The van der Waals surface area contributed by atoms with Crippen LogP contribution in [0.4, 0.5) is 10.5 Å². The quantitative estimate of drug-likeness (QED) is 0.515. The maximum absolute atomic E-state index is 13.1. The van der Waals surface area contributed by atoms with Gasteiger partial charge in [0.25, 0.3) is 0 Å². The van der Waals surface area contributed by atoms with Crippen molar-refractivity contribution in [3.63, 3.8) is 0 Å². The Bertz CT molecular complexity index is 1200. The molecule has 0 aliphatic carbocycles. The van der Waals surface area contributed by atoms with E-state index in [1.807, 2.05) is 0 Å². The number of hydrogen-bond acceptors (Lipinski definition) is 9. The standard InChI is InChI=1S/C23H26N2O9S/c1-13(26)14-4-6-15(7-5-14)24-23(27)34-19-12-33-21-17(11-32-22(19)21)25-35(28,29)20-10-16(30-2)8-9-18(20)31-3/h4-10,17,19,21-22,25H,11-12H2,1-3H3,(H,24,27). The van der Waals surface area contributed by atoms with Crippen molar-refractivity contribution in [1.82, 2.24) is 4.72 Å². The molecular weight excluding hydrogens is 480 g/mol. The predicted molar refractivity (Wildman–Crippen MR) is 123 cm³/mol. The zero-order valence-electron chi connectivity index (χ0n) is 19.3. The van der Waals surface area contributed by atoms with Crippen LogP contribution in [0.1, 0.15) is 17.3 Å². The van der Waals surface area contributed by atoms with Crippen LogP contribution >= 0.6 is 0 Å². The third-order valence-corrected chi connectivity index (χ3v) is 7.28. The van der Waals surface area contributed by atoms with Gasteiger partial charge in [-0.15, -0.1) is 0 Å². The molecule has 2 N–H and O–H groups in total. The van der Waals surface area contributed by atoms with Gasteiger partial charge in [0, 0.05) is 17.3 Å². The number of rotatable bonds is 8. The molecule has 0 radical (unpaired) electrons. The first kappa shape index (κ1) is 24.9. The van der Waals surface area contributed by atoms with Crippen LogP contribution < -0.4 is 19.5 Å². The fraction of sp³-hybridized carbons (Fsp3) is 0.391. The minimum absolute atomic E-state index is 0.0365. The van der Waals surface area contributed by atoms with E-state index in [1.165, 1.54) is 33.3 Å². The molecule has 4 rings (SSSR count). The zero-order valence-corrected chi connectivity index (χ0v) is 20.2. The maximum atomic E-state index is 13.1. The van der Waals surface area contributed by atoms with Crippen LogP contribution in [0.5, 0.6) is 11.5 Å².